The van der Waals surface area contributed by atoms with Crippen molar-refractivity contribution >= 4 is 40.8 Å². The number of carbonyl (C=O) groups is 1. The molecule has 1 N–H and O–H groups in total. The van der Waals surface area contributed by atoms with Crippen LogP contribution in [0, 0.1) is 6.92 Å². The maximum Gasteiger partial charge on any atom is 0.322 e. The summed E-state index contributed by atoms with van der Waals surface area (Å²) >= 11 is 6.07. The number of amides is 2. The van der Waals surface area contributed by atoms with Crippen LogP contribution < -0.4 is 20.0 Å². The molecule has 2 aliphatic rings. The molecule has 8 nitrogen and oxygen atoms in total. The Hall–Kier alpha value is -3.52. The quantitative estimate of drug-likeness (QED) is 0.566. The summed E-state index contributed by atoms with van der Waals surface area (Å²) in [5.41, 5.74) is 5.25. The number of fused-ring (bicyclic) bond motifs is 1. The summed E-state index contributed by atoms with van der Waals surface area (Å²) in [6.07, 6.45) is 0.692. The van der Waals surface area contributed by atoms with Crippen LogP contribution in [0.15, 0.2) is 48.5 Å². The minimum absolute atomic E-state index is 0.149. The summed E-state index contributed by atoms with van der Waals surface area (Å²) in [6.45, 7) is 6.78. The molecule has 2 aliphatic heterocycles. The van der Waals surface area contributed by atoms with Gasteiger partial charge >= 0.3 is 6.03 Å². The van der Waals surface area contributed by atoms with Crippen molar-refractivity contribution in [1.29, 1.82) is 0 Å². The highest BCUT2D eigenvalue weighted by atomic mass is 35.5. The van der Waals surface area contributed by atoms with Gasteiger partial charge in [-0.1, -0.05) is 35.4 Å². The molecule has 1 aromatic heterocycles. The number of hydrogen-bond acceptors (Lipinski definition) is 6. The van der Waals surface area contributed by atoms with E-state index in [1.54, 1.807) is 17.0 Å². The van der Waals surface area contributed by atoms with Gasteiger partial charge in [0.2, 0.25) is 5.95 Å². The number of aryl methyl sites for hydroxylation is 1. The standard InChI is InChI=1S/C27H32ClN7O/c1-19-7-9-22(10-8-19)33-13-15-34(16-14-33)26-30-24-11-12-35(18-23(24)25(31-26)32(2)3)27(36)29-21-6-4-5-20(28)17-21/h4-10,17H,11-16,18H2,1-3H3,(H,29,36). The summed E-state index contributed by atoms with van der Waals surface area (Å²) in [5.74, 6) is 1.65. The highest BCUT2D eigenvalue weighted by Gasteiger charge is 2.28. The van der Waals surface area contributed by atoms with E-state index in [-0.39, 0.29) is 6.03 Å². The first kappa shape index (κ1) is 24.2. The van der Waals surface area contributed by atoms with Gasteiger partial charge in [0.1, 0.15) is 5.82 Å². The Kier molecular flexibility index (Phi) is 6.87. The molecule has 36 heavy (non-hydrogen) atoms. The number of aromatic nitrogens is 2. The number of nitrogens with one attached hydrogen (secondary N) is 1. The van der Waals surface area contributed by atoms with E-state index in [1.165, 1.54) is 11.3 Å². The summed E-state index contributed by atoms with van der Waals surface area (Å²) in [4.78, 5) is 31.4. The van der Waals surface area contributed by atoms with E-state index in [2.05, 4.69) is 46.3 Å². The molecule has 1 fully saturated rings. The predicted molar refractivity (Wildman–Crippen MR) is 147 cm³/mol. The van der Waals surface area contributed by atoms with Crippen molar-refractivity contribution in [2.24, 2.45) is 0 Å². The molecule has 2 amide bonds. The molecule has 0 saturated carbocycles. The molecule has 0 atom stereocenters. The molecule has 0 unspecified atom stereocenters. The Balaban J connectivity index is 1.30. The minimum Gasteiger partial charge on any atom is -0.368 e. The van der Waals surface area contributed by atoms with E-state index in [0.717, 1.165) is 49.2 Å². The Bertz CT molecular complexity index is 1240. The Labute approximate surface area is 217 Å². The number of piperazine rings is 1. The molecular weight excluding hydrogens is 474 g/mol. The first-order valence-corrected chi connectivity index (χ1v) is 12.7. The lowest BCUT2D eigenvalue weighted by Crippen LogP contribution is -2.47. The van der Waals surface area contributed by atoms with Crippen LogP contribution in [0.2, 0.25) is 5.02 Å². The number of carbonyl (C=O) groups excluding carboxylic acids is 1. The number of benzene rings is 2. The van der Waals surface area contributed by atoms with Crippen molar-refractivity contribution < 1.29 is 4.79 Å². The van der Waals surface area contributed by atoms with Crippen molar-refractivity contribution in [3.63, 3.8) is 0 Å². The number of nitrogens with zero attached hydrogens (tertiary/aromatic N) is 6. The molecule has 0 bridgehead atoms. The molecule has 3 aromatic rings. The van der Waals surface area contributed by atoms with E-state index in [4.69, 9.17) is 21.6 Å². The molecule has 0 spiro atoms. The largest absolute Gasteiger partial charge is 0.368 e. The van der Waals surface area contributed by atoms with Crippen LogP contribution >= 0.6 is 11.6 Å². The van der Waals surface area contributed by atoms with Crippen LogP contribution in [0.5, 0.6) is 0 Å². The van der Waals surface area contributed by atoms with Gasteiger partial charge in [0.25, 0.3) is 0 Å². The molecule has 5 rings (SSSR count). The summed E-state index contributed by atoms with van der Waals surface area (Å²) < 4.78 is 0. The van der Waals surface area contributed by atoms with Gasteiger partial charge in [-0.05, 0) is 37.3 Å². The molecule has 9 heteroatoms. The second-order valence-electron chi connectivity index (χ2n) is 9.59. The lowest BCUT2D eigenvalue weighted by atomic mass is 10.1. The van der Waals surface area contributed by atoms with Gasteiger partial charge in [0.15, 0.2) is 0 Å². The zero-order valence-corrected chi connectivity index (χ0v) is 21.8. The van der Waals surface area contributed by atoms with Crippen LogP contribution in [0.4, 0.5) is 27.9 Å². The predicted octanol–water partition coefficient (Wildman–Crippen LogP) is 4.42. The van der Waals surface area contributed by atoms with Crippen molar-refractivity contribution in [2.75, 3.05) is 66.8 Å². The van der Waals surface area contributed by atoms with Gasteiger partial charge < -0.3 is 24.9 Å². The Morgan fingerprint density at radius 2 is 1.69 bits per heavy atom. The van der Waals surface area contributed by atoms with E-state index < -0.39 is 0 Å². The van der Waals surface area contributed by atoms with Gasteiger partial charge in [-0.3, -0.25) is 0 Å². The highest BCUT2D eigenvalue weighted by Crippen LogP contribution is 2.29. The van der Waals surface area contributed by atoms with E-state index in [9.17, 15) is 4.79 Å². The number of hydrogen-bond donors (Lipinski definition) is 1. The first-order chi connectivity index (χ1) is 17.4. The third-order valence-corrected chi connectivity index (χ3v) is 7.01. The summed E-state index contributed by atoms with van der Waals surface area (Å²) in [5, 5.41) is 3.54. The average molecular weight is 506 g/mol. The minimum atomic E-state index is -0.149. The van der Waals surface area contributed by atoms with Crippen LogP contribution in [-0.2, 0) is 13.0 Å². The van der Waals surface area contributed by atoms with Crippen LogP contribution in [-0.4, -0.2) is 67.7 Å². The topological polar surface area (TPSA) is 67.8 Å². The van der Waals surface area contributed by atoms with Crippen molar-refractivity contribution in [3.8, 4) is 0 Å². The smallest absolute Gasteiger partial charge is 0.322 e. The molecule has 0 radical (unpaired) electrons. The van der Waals surface area contributed by atoms with E-state index >= 15 is 0 Å². The first-order valence-electron chi connectivity index (χ1n) is 12.3. The van der Waals surface area contributed by atoms with Crippen LogP contribution in [0.1, 0.15) is 16.8 Å². The Morgan fingerprint density at radius 3 is 2.39 bits per heavy atom. The van der Waals surface area contributed by atoms with Crippen molar-refractivity contribution in [3.05, 3.63) is 70.4 Å². The molecule has 3 heterocycles. The molecular formula is C27H32ClN7O. The molecule has 2 aromatic carbocycles. The lowest BCUT2D eigenvalue weighted by Gasteiger charge is -2.37. The SMILES string of the molecule is Cc1ccc(N2CCN(c3nc4c(c(N(C)C)n3)CN(C(=O)Nc3cccc(Cl)c3)CC4)CC2)cc1. The zero-order valence-electron chi connectivity index (χ0n) is 21.0. The third-order valence-electron chi connectivity index (χ3n) is 6.77. The maximum atomic E-state index is 13.0. The zero-order chi connectivity index (χ0) is 25.2. The normalized spacial score (nSPS) is 15.5. The second kappa shape index (κ2) is 10.2. The number of rotatable bonds is 4. The fourth-order valence-corrected chi connectivity index (χ4v) is 4.95. The number of urea groups is 1. The fraction of sp³-hybridized carbons (Fsp3) is 0.370. The van der Waals surface area contributed by atoms with Gasteiger partial charge in [-0.2, -0.15) is 4.98 Å². The maximum absolute atomic E-state index is 13.0. The van der Waals surface area contributed by atoms with Gasteiger partial charge in [0.05, 0.1) is 12.2 Å². The van der Waals surface area contributed by atoms with E-state index in [0.29, 0.717) is 30.2 Å². The second-order valence-corrected chi connectivity index (χ2v) is 10.0. The lowest BCUT2D eigenvalue weighted by molar-refractivity contribution is 0.206. The van der Waals surface area contributed by atoms with Gasteiger partial charge in [-0.25, -0.2) is 9.78 Å². The van der Waals surface area contributed by atoms with Crippen molar-refractivity contribution in [2.45, 2.75) is 19.9 Å². The molecule has 1 saturated heterocycles. The molecule has 188 valence electrons. The molecule has 0 aliphatic carbocycles. The summed E-state index contributed by atoms with van der Waals surface area (Å²) in [6, 6.07) is 15.8. The van der Waals surface area contributed by atoms with Gasteiger partial charge in [0, 0.05) is 75.2 Å². The van der Waals surface area contributed by atoms with Crippen LogP contribution in [0.3, 0.4) is 0 Å². The number of halogens is 1. The number of anilines is 4. The van der Waals surface area contributed by atoms with Crippen LogP contribution in [0.25, 0.3) is 0 Å². The average Bonchev–Trinajstić information content (AvgIpc) is 2.88. The Morgan fingerprint density at radius 1 is 0.972 bits per heavy atom. The van der Waals surface area contributed by atoms with Gasteiger partial charge in [-0.15, -0.1) is 0 Å². The van der Waals surface area contributed by atoms with E-state index in [1.807, 2.05) is 31.1 Å². The summed E-state index contributed by atoms with van der Waals surface area (Å²) in [7, 11) is 3.99. The van der Waals surface area contributed by atoms with Crippen molar-refractivity contribution in [1.82, 2.24) is 14.9 Å². The fourth-order valence-electron chi connectivity index (χ4n) is 4.76. The third kappa shape index (κ3) is 5.18. The highest BCUT2D eigenvalue weighted by molar-refractivity contribution is 6.30. The monoisotopic (exact) mass is 505 g/mol.